The molecule has 0 aromatic heterocycles. The van der Waals surface area contributed by atoms with Crippen molar-refractivity contribution in [3.8, 4) is 0 Å². The highest BCUT2D eigenvalue weighted by Crippen LogP contribution is 2.61. The van der Waals surface area contributed by atoms with Crippen LogP contribution in [-0.4, -0.2) is 87.1 Å². The Labute approximate surface area is 217 Å². The minimum absolute atomic E-state index is 0.0604. The third-order valence-corrected chi connectivity index (χ3v) is 8.56. The van der Waals surface area contributed by atoms with Crippen molar-refractivity contribution in [2.24, 2.45) is 17.8 Å². The van der Waals surface area contributed by atoms with Crippen molar-refractivity contribution in [2.75, 3.05) is 19.8 Å². The minimum Gasteiger partial charge on any atom is -0.466 e. The van der Waals surface area contributed by atoms with Gasteiger partial charge in [0.25, 0.3) is 0 Å². The predicted molar refractivity (Wildman–Crippen MR) is 136 cm³/mol. The molecule has 3 fully saturated rings. The molecule has 0 aromatic carbocycles. The first-order chi connectivity index (χ1) is 16.6. The van der Waals surface area contributed by atoms with Crippen LogP contribution in [0.5, 0.6) is 0 Å². The van der Waals surface area contributed by atoms with E-state index < -0.39 is 41.6 Å². The van der Waals surface area contributed by atoms with Crippen molar-refractivity contribution in [3.05, 3.63) is 12.7 Å². The van der Waals surface area contributed by atoms with Gasteiger partial charge >= 0.3 is 5.97 Å². The Kier molecular flexibility index (Phi) is 9.08. The predicted octanol–water partition coefficient (Wildman–Crippen LogP) is 2.91. The summed E-state index contributed by atoms with van der Waals surface area (Å²) in [5, 5.41) is 10.4. The highest BCUT2D eigenvalue weighted by atomic mass is 79.9. The van der Waals surface area contributed by atoms with Crippen LogP contribution in [0.2, 0.25) is 0 Å². The number of rotatable bonds is 12. The number of nitrogens with zero attached hydrogens (tertiary/aromatic N) is 2. The smallest absolute Gasteiger partial charge is 0.312 e. The lowest BCUT2D eigenvalue weighted by atomic mass is 9.70. The van der Waals surface area contributed by atoms with Gasteiger partial charge in [-0.05, 0) is 39.0 Å². The average molecular weight is 558 g/mol. The van der Waals surface area contributed by atoms with E-state index in [1.807, 2.05) is 20.8 Å². The fourth-order valence-corrected chi connectivity index (χ4v) is 7.37. The van der Waals surface area contributed by atoms with E-state index in [4.69, 9.17) is 9.47 Å². The van der Waals surface area contributed by atoms with E-state index in [0.717, 1.165) is 12.8 Å². The first-order valence-electron chi connectivity index (χ1n) is 12.9. The molecule has 2 bridgehead atoms. The number of aliphatic hydroxyl groups is 1. The Morgan fingerprint density at radius 1 is 1.37 bits per heavy atom. The summed E-state index contributed by atoms with van der Waals surface area (Å²) in [6.07, 6.45) is 3.83. The number of alkyl halides is 1. The molecule has 0 aliphatic carbocycles. The number of esters is 1. The van der Waals surface area contributed by atoms with E-state index in [0.29, 0.717) is 19.4 Å². The van der Waals surface area contributed by atoms with Gasteiger partial charge in [-0.1, -0.05) is 49.2 Å². The van der Waals surface area contributed by atoms with Gasteiger partial charge in [0.05, 0.1) is 37.2 Å². The molecule has 1 spiro atoms. The van der Waals surface area contributed by atoms with Gasteiger partial charge in [0.15, 0.2) is 0 Å². The quantitative estimate of drug-likeness (QED) is 0.225. The van der Waals surface area contributed by atoms with Crippen LogP contribution in [0, 0.1) is 17.8 Å². The van der Waals surface area contributed by atoms with Crippen molar-refractivity contribution >= 4 is 33.7 Å². The lowest BCUT2D eigenvalue weighted by Crippen LogP contribution is -2.60. The molecular weight excluding hydrogens is 516 g/mol. The summed E-state index contributed by atoms with van der Waals surface area (Å²) >= 11 is 3.67. The number of ether oxygens (including phenoxy) is 2. The minimum atomic E-state index is -1.15. The molecule has 35 heavy (non-hydrogen) atoms. The Hall–Kier alpha value is -1.45. The summed E-state index contributed by atoms with van der Waals surface area (Å²) in [5.41, 5.74) is -1.15. The molecule has 3 aliphatic heterocycles. The van der Waals surface area contributed by atoms with Crippen molar-refractivity contribution in [1.82, 2.24) is 9.80 Å². The van der Waals surface area contributed by atoms with Gasteiger partial charge in [-0.25, -0.2) is 0 Å². The Bertz CT molecular complexity index is 822. The summed E-state index contributed by atoms with van der Waals surface area (Å²) in [7, 11) is 0. The normalized spacial score (nSPS) is 33.1. The summed E-state index contributed by atoms with van der Waals surface area (Å²) in [6.45, 7) is 13.9. The summed E-state index contributed by atoms with van der Waals surface area (Å²) < 4.78 is 11.9. The molecule has 8 atom stereocenters. The molecule has 9 heteroatoms. The van der Waals surface area contributed by atoms with Gasteiger partial charge in [-0.3, -0.25) is 14.4 Å². The van der Waals surface area contributed by atoms with Gasteiger partial charge in [-0.15, -0.1) is 6.58 Å². The Balaban J connectivity index is 2.13. The van der Waals surface area contributed by atoms with Crippen LogP contribution in [-0.2, 0) is 23.9 Å². The zero-order valence-electron chi connectivity index (χ0n) is 21.6. The van der Waals surface area contributed by atoms with E-state index >= 15 is 0 Å². The fraction of sp³-hybridized carbons (Fsp3) is 0.808. The molecule has 0 saturated carbocycles. The topological polar surface area (TPSA) is 96.4 Å². The SMILES string of the molecule is C=CCN(C(=O)[C@@H]1N([C@@H](CO)CC(C)C)C(=O)[C@H]2[C@H](C(=O)OCC)[C@H]3O[C@@]12CC3Br)C(C)CCC. The second-order valence-electron chi connectivity index (χ2n) is 10.5. The second-order valence-corrected chi connectivity index (χ2v) is 11.7. The Morgan fingerprint density at radius 2 is 2.06 bits per heavy atom. The fourth-order valence-electron chi connectivity index (χ4n) is 6.43. The standard InChI is InChI=1S/C26H41BrN2O6/c1-7-10-16(6)28(11-8-2)24(32)22-26-13-18(27)21(35-26)19(25(33)34-9-3)20(26)23(31)29(22)17(14-30)12-15(4)5/h8,15-22,30H,2,7,9-14H2,1,3-6H3/t16?,17-,18?,19+,20-,21+,22+,26-/m1/s1. The molecule has 0 radical (unpaired) electrons. The molecule has 198 valence electrons. The molecular formula is C26H41BrN2O6. The molecule has 3 aliphatic rings. The molecule has 1 N–H and O–H groups in total. The number of aliphatic hydroxyl groups excluding tert-OH is 1. The molecule has 3 saturated heterocycles. The van der Waals surface area contributed by atoms with Gasteiger partial charge in [0.1, 0.15) is 11.6 Å². The molecule has 2 amide bonds. The summed E-state index contributed by atoms with van der Waals surface area (Å²) in [4.78, 5) is 44.6. The van der Waals surface area contributed by atoms with Crippen LogP contribution in [0.25, 0.3) is 0 Å². The number of halogens is 1. The maximum Gasteiger partial charge on any atom is 0.312 e. The van der Waals surface area contributed by atoms with E-state index in [9.17, 15) is 19.5 Å². The van der Waals surface area contributed by atoms with Gasteiger partial charge < -0.3 is 24.4 Å². The average Bonchev–Trinajstić information content (AvgIpc) is 3.39. The van der Waals surface area contributed by atoms with Crippen LogP contribution in [0.1, 0.15) is 60.3 Å². The maximum absolute atomic E-state index is 14.3. The lowest BCUT2D eigenvalue weighted by molar-refractivity contribution is -0.156. The summed E-state index contributed by atoms with van der Waals surface area (Å²) in [5.74, 6) is -2.40. The number of amides is 2. The maximum atomic E-state index is 14.3. The second kappa shape index (κ2) is 11.3. The number of hydrogen-bond donors (Lipinski definition) is 1. The third kappa shape index (κ3) is 4.80. The Morgan fingerprint density at radius 3 is 2.60 bits per heavy atom. The summed E-state index contributed by atoms with van der Waals surface area (Å²) in [6, 6.07) is -1.54. The number of carbonyl (C=O) groups is 3. The zero-order chi connectivity index (χ0) is 26.1. The van der Waals surface area contributed by atoms with E-state index in [2.05, 4.69) is 29.4 Å². The molecule has 3 heterocycles. The number of hydrogen-bond acceptors (Lipinski definition) is 6. The number of likely N-dealkylation sites (tertiary alicyclic amines) is 1. The first-order valence-corrected chi connectivity index (χ1v) is 13.8. The van der Waals surface area contributed by atoms with Crippen LogP contribution < -0.4 is 0 Å². The van der Waals surface area contributed by atoms with Crippen molar-refractivity contribution in [1.29, 1.82) is 0 Å². The van der Waals surface area contributed by atoms with Gasteiger partial charge in [0.2, 0.25) is 11.8 Å². The van der Waals surface area contributed by atoms with Crippen LogP contribution >= 0.6 is 15.9 Å². The zero-order valence-corrected chi connectivity index (χ0v) is 23.2. The van der Waals surface area contributed by atoms with E-state index in [-0.39, 0.29) is 41.8 Å². The van der Waals surface area contributed by atoms with Crippen molar-refractivity contribution < 1.29 is 29.0 Å². The number of fused-ring (bicyclic) bond motifs is 1. The van der Waals surface area contributed by atoms with E-state index in [1.54, 1.807) is 22.8 Å². The largest absolute Gasteiger partial charge is 0.466 e. The molecule has 3 rings (SSSR count). The lowest BCUT2D eigenvalue weighted by Gasteiger charge is -2.41. The van der Waals surface area contributed by atoms with Crippen LogP contribution in [0.3, 0.4) is 0 Å². The van der Waals surface area contributed by atoms with Gasteiger partial charge in [-0.2, -0.15) is 0 Å². The third-order valence-electron chi connectivity index (χ3n) is 7.71. The number of carbonyl (C=O) groups excluding carboxylic acids is 3. The monoisotopic (exact) mass is 556 g/mol. The van der Waals surface area contributed by atoms with Crippen molar-refractivity contribution in [3.63, 3.8) is 0 Å². The van der Waals surface area contributed by atoms with Crippen molar-refractivity contribution in [2.45, 2.75) is 95.0 Å². The first kappa shape index (κ1) is 28.1. The highest BCUT2D eigenvalue weighted by Gasteiger charge is 2.77. The van der Waals surface area contributed by atoms with E-state index in [1.165, 1.54) is 0 Å². The van der Waals surface area contributed by atoms with Crippen LogP contribution in [0.4, 0.5) is 0 Å². The highest BCUT2D eigenvalue weighted by molar-refractivity contribution is 9.09. The molecule has 2 unspecified atom stereocenters. The van der Waals surface area contributed by atoms with Gasteiger partial charge in [0, 0.05) is 17.4 Å². The van der Waals surface area contributed by atoms with Crippen LogP contribution in [0.15, 0.2) is 12.7 Å². The molecule has 8 nitrogen and oxygen atoms in total. The molecule has 0 aromatic rings.